The first-order chi connectivity index (χ1) is 7.04. The fourth-order valence-electron chi connectivity index (χ4n) is 1.02. The van der Waals surface area contributed by atoms with E-state index in [1.165, 1.54) is 19.1 Å². The van der Waals surface area contributed by atoms with Crippen molar-refractivity contribution in [3.05, 3.63) is 28.8 Å². The maximum absolute atomic E-state index is 12.2. The van der Waals surface area contributed by atoms with Crippen LogP contribution in [0.4, 0.5) is 14.5 Å². The van der Waals surface area contributed by atoms with E-state index in [-0.39, 0.29) is 5.02 Å². The van der Waals surface area contributed by atoms with E-state index in [0.29, 0.717) is 11.3 Å². The van der Waals surface area contributed by atoms with E-state index in [4.69, 9.17) is 16.9 Å². The third kappa shape index (κ3) is 3.07. The highest BCUT2D eigenvalue weighted by atomic mass is 35.5. The summed E-state index contributed by atoms with van der Waals surface area (Å²) in [5, 5.41) is 11.4. The first-order valence-corrected chi connectivity index (χ1v) is 4.66. The highest BCUT2D eigenvalue weighted by Gasteiger charge is 2.14. The number of halogens is 3. The number of hydrogen-bond acceptors (Lipinski definition) is 2. The molecule has 1 unspecified atom stereocenters. The van der Waals surface area contributed by atoms with Gasteiger partial charge in [0.1, 0.15) is 6.07 Å². The smallest absolute Gasteiger partial charge is 0.258 e. The molecule has 1 aromatic rings. The van der Waals surface area contributed by atoms with Crippen LogP contribution < -0.4 is 5.32 Å². The molecule has 0 radical (unpaired) electrons. The van der Waals surface area contributed by atoms with Crippen LogP contribution in [0.2, 0.25) is 5.02 Å². The molecule has 1 aromatic carbocycles. The molecule has 0 aliphatic heterocycles. The van der Waals surface area contributed by atoms with Crippen molar-refractivity contribution in [1.29, 1.82) is 5.26 Å². The lowest BCUT2D eigenvalue weighted by Crippen LogP contribution is -2.23. The average Bonchev–Trinajstić information content (AvgIpc) is 2.18. The number of nitrogens with zero attached hydrogens (tertiary/aromatic N) is 1. The molecule has 0 bridgehead atoms. The van der Waals surface area contributed by atoms with Gasteiger partial charge >= 0.3 is 0 Å². The Labute approximate surface area is 91.5 Å². The van der Waals surface area contributed by atoms with Gasteiger partial charge < -0.3 is 5.32 Å². The SMILES string of the molecule is CC(Nc1ccc(C#N)c(Cl)c1)C(F)F. The molecule has 0 saturated heterocycles. The molecular weight excluding hydrogens is 222 g/mol. The van der Waals surface area contributed by atoms with E-state index in [2.05, 4.69) is 5.32 Å². The Morgan fingerprint density at radius 2 is 2.13 bits per heavy atom. The Bertz CT molecular complexity index is 387. The summed E-state index contributed by atoms with van der Waals surface area (Å²) in [4.78, 5) is 0. The Hall–Kier alpha value is -1.34. The van der Waals surface area contributed by atoms with E-state index in [9.17, 15) is 8.78 Å². The number of alkyl halides is 2. The monoisotopic (exact) mass is 230 g/mol. The molecule has 0 fully saturated rings. The van der Waals surface area contributed by atoms with Gasteiger partial charge in [0.05, 0.1) is 16.6 Å². The van der Waals surface area contributed by atoms with Crippen molar-refractivity contribution < 1.29 is 8.78 Å². The molecule has 80 valence electrons. The van der Waals surface area contributed by atoms with Gasteiger partial charge in [0.15, 0.2) is 0 Å². The summed E-state index contributed by atoms with van der Waals surface area (Å²) in [5.41, 5.74) is 0.804. The molecule has 1 N–H and O–H groups in total. The van der Waals surface area contributed by atoms with Gasteiger partial charge in [0.2, 0.25) is 0 Å². The van der Waals surface area contributed by atoms with Gasteiger partial charge in [-0.2, -0.15) is 5.26 Å². The van der Waals surface area contributed by atoms with E-state index >= 15 is 0 Å². The largest absolute Gasteiger partial charge is 0.377 e. The highest BCUT2D eigenvalue weighted by Crippen LogP contribution is 2.21. The van der Waals surface area contributed by atoms with Crippen molar-refractivity contribution in [2.24, 2.45) is 0 Å². The second kappa shape index (κ2) is 4.94. The number of benzene rings is 1. The van der Waals surface area contributed by atoms with E-state index < -0.39 is 12.5 Å². The lowest BCUT2D eigenvalue weighted by atomic mass is 10.2. The first-order valence-electron chi connectivity index (χ1n) is 4.29. The number of rotatable bonds is 3. The second-order valence-electron chi connectivity index (χ2n) is 3.07. The van der Waals surface area contributed by atoms with Crippen LogP contribution in [-0.2, 0) is 0 Å². The lowest BCUT2D eigenvalue weighted by Gasteiger charge is -2.14. The molecule has 0 saturated carbocycles. The minimum absolute atomic E-state index is 0.254. The van der Waals surface area contributed by atoms with Crippen LogP contribution in [0.5, 0.6) is 0 Å². The van der Waals surface area contributed by atoms with Gasteiger partial charge in [0.25, 0.3) is 6.43 Å². The molecule has 2 nitrogen and oxygen atoms in total. The average molecular weight is 231 g/mol. The molecule has 5 heteroatoms. The Morgan fingerprint density at radius 3 is 2.60 bits per heavy atom. The zero-order valence-electron chi connectivity index (χ0n) is 7.97. The maximum atomic E-state index is 12.2. The van der Waals surface area contributed by atoms with Crippen LogP contribution in [-0.4, -0.2) is 12.5 Å². The normalized spacial score (nSPS) is 12.3. The van der Waals surface area contributed by atoms with Gasteiger partial charge in [0, 0.05) is 5.69 Å². The van der Waals surface area contributed by atoms with Crippen LogP contribution in [0.15, 0.2) is 18.2 Å². The van der Waals surface area contributed by atoms with Crippen molar-refractivity contribution in [2.75, 3.05) is 5.32 Å². The summed E-state index contributed by atoms with van der Waals surface area (Å²) in [5.74, 6) is 0. The van der Waals surface area contributed by atoms with E-state index in [1.54, 1.807) is 6.07 Å². The molecule has 0 heterocycles. The predicted molar refractivity (Wildman–Crippen MR) is 55.3 cm³/mol. The number of nitrogens with one attached hydrogen (secondary N) is 1. The molecule has 0 aliphatic rings. The molecule has 0 aliphatic carbocycles. The third-order valence-corrected chi connectivity index (χ3v) is 2.17. The molecule has 0 spiro atoms. The van der Waals surface area contributed by atoms with Crippen molar-refractivity contribution in [3.63, 3.8) is 0 Å². The van der Waals surface area contributed by atoms with Crippen molar-refractivity contribution in [2.45, 2.75) is 19.4 Å². The first kappa shape index (κ1) is 11.7. The summed E-state index contributed by atoms with van der Waals surface area (Å²) in [7, 11) is 0. The zero-order chi connectivity index (χ0) is 11.4. The molecule has 1 rings (SSSR count). The predicted octanol–water partition coefficient (Wildman–Crippen LogP) is 3.28. The van der Waals surface area contributed by atoms with Crippen LogP contribution in [0, 0.1) is 11.3 Å². The zero-order valence-corrected chi connectivity index (χ0v) is 8.72. The molecule has 1 atom stereocenters. The van der Waals surface area contributed by atoms with Gasteiger partial charge in [-0.05, 0) is 25.1 Å². The lowest BCUT2D eigenvalue weighted by molar-refractivity contribution is 0.131. The number of nitriles is 1. The maximum Gasteiger partial charge on any atom is 0.258 e. The molecule has 0 amide bonds. The van der Waals surface area contributed by atoms with Crippen molar-refractivity contribution in [3.8, 4) is 6.07 Å². The van der Waals surface area contributed by atoms with Crippen molar-refractivity contribution in [1.82, 2.24) is 0 Å². The quantitative estimate of drug-likeness (QED) is 0.865. The number of anilines is 1. The Morgan fingerprint density at radius 1 is 1.47 bits per heavy atom. The summed E-state index contributed by atoms with van der Waals surface area (Å²) < 4.78 is 24.4. The molecule has 0 aromatic heterocycles. The molecule has 15 heavy (non-hydrogen) atoms. The van der Waals surface area contributed by atoms with Crippen LogP contribution in [0.25, 0.3) is 0 Å². The van der Waals surface area contributed by atoms with Crippen molar-refractivity contribution >= 4 is 17.3 Å². The summed E-state index contributed by atoms with van der Waals surface area (Å²) in [6.45, 7) is 1.37. The third-order valence-electron chi connectivity index (χ3n) is 1.86. The van der Waals surface area contributed by atoms with Crippen LogP contribution in [0.1, 0.15) is 12.5 Å². The van der Waals surface area contributed by atoms with E-state index in [0.717, 1.165) is 0 Å². The number of hydrogen-bond donors (Lipinski definition) is 1. The minimum atomic E-state index is -2.44. The summed E-state index contributed by atoms with van der Waals surface area (Å²) in [6, 6.07) is 5.43. The fraction of sp³-hybridized carbons (Fsp3) is 0.300. The van der Waals surface area contributed by atoms with Crippen LogP contribution >= 0.6 is 11.6 Å². The second-order valence-corrected chi connectivity index (χ2v) is 3.48. The van der Waals surface area contributed by atoms with Gasteiger partial charge in [-0.3, -0.25) is 0 Å². The van der Waals surface area contributed by atoms with Gasteiger partial charge in [-0.15, -0.1) is 0 Å². The summed E-state index contributed by atoms with van der Waals surface area (Å²) >= 11 is 5.74. The standard InChI is InChI=1S/C10H9ClF2N2/c1-6(10(12)13)15-8-3-2-7(5-14)9(11)4-8/h2-4,6,10,15H,1H3. The van der Waals surface area contributed by atoms with Crippen LogP contribution in [0.3, 0.4) is 0 Å². The highest BCUT2D eigenvalue weighted by molar-refractivity contribution is 6.32. The van der Waals surface area contributed by atoms with Gasteiger partial charge in [-0.25, -0.2) is 8.78 Å². The molecular formula is C10H9ClF2N2. The summed E-state index contributed by atoms with van der Waals surface area (Å²) in [6.07, 6.45) is -2.44. The fourth-order valence-corrected chi connectivity index (χ4v) is 1.24. The Balaban J connectivity index is 2.81. The van der Waals surface area contributed by atoms with Gasteiger partial charge in [-0.1, -0.05) is 11.6 Å². The van der Waals surface area contributed by atoms with E-state index in [1.807, 2.05) is 6.07 Å². The Kier molecular flexibility index (Phi) is 3.87. The topological polar surface area (TPSA) is 35.8 Å². The minimum Gasteiger partial charge on any atom is -0.377 e.